The minimum atomic E-state index is -0.243. The fourth-order valence-electron chi connectivity index (χ4n) is 2.22. The first kappa shape index (κ1) is 15.8. The van der Waals surface area contributed by atoms with E-state index >= 15 is 0 Å². The molecule has 1 N–H and O–H groups in total. The fourth-order valence-corrected chi connectivity index (χ4v) is 2.39. The third-order valence-corrected chi connectivity index (χ3v) is 3.58. The Morgan fingerprint density at radius 2 is 2.00 bits per heavy atom. The number of rotatable bonds is 6. The molecule has 0 aliphatic rings. The second-order valence-corrected chi connectivity index (χ2v) is 5.43. The summed E-state index contributed by atoms with van der Waals surface area (Å²) >= 11 is 6.12. The zero-order chi connectivity index (χ0) is 15.2. The Kier molecular flexibility index (Phi) is 5.59. The van der Waals surface area contributed by atoms with Gasteiger partial charge in [0.2, 0.25) is 0 Å². The van der Waals surface area contributed by atoms with Crippen molar-refractivity contribution in [1.29, 1.82) is 0 Å². The number of hydrogen-bond acceptors (Lipinski definition) is 2. The lowest BCUT2D eigenvalue weighted by Gasteiger charge is -2.23. The lowest BCUT2D eigenvalue weighted by Crippen LogP contribution is -2.18. The molecule has 4 heteroatoms. The second kappa shape index (κ2) is 7.43. The zero-order valence-electron chi connectivity index (χ0n) is 12.4. The van der Waals surface area contributed by atoms with Gasteiger partial charge in [0.1, 0.15) is 5.82 Å². The van der Waals surface area contributed by atoms with E-state index in [0.717, 1.165) is 36.4 Å². The molecule has 0 amide bonds. The van der Waals surface area contributed by atoms with Gasteiger partial charge in [-0.2, -0.15) is 0 Å². The summed E-state index contributed by atoms with van der Waals surface area (Å²) in [6.07, 6.45) is 1.09. The first-order valence-electron chi connectivity index (χ1n) is 7.10. The van der Waals surface area contributed by atoms with Crippen molar-refractivity contribution in [2.75, 3.05) is 18.5 Å². The minimum Gasteiger partial charge on any atom is -0.344 e. The Balaban J connectivity index is 2.30. The lowest BCUT2D eigenvalue weighted by atomic mass is 10.1. The molecule has 2 nitrogen and oxygen atoms in total. The SMILES string of the molecule is CCCNCc1ccc(Cl)cc1N(C)c1cccc(F)c1. The van der Waals surface area contributed by atoms with Gasteiger partial charge in [-0.05, 0) is 48.9 Å². The summed E-state index contributed by atoms with van der Waals surface area (Å²) in [5.74, 6) is -0.243. The van der Waals surface area contributed by atoms with Crippen LogP contribution in [0.2, 0.25) is 5.02 Å². The van der Waals surface area contributed by atoms with Gasteiger partial charge in [-0.1, -0.05) is 30.7 Å². The maximum absolute atomic E-state index is 13.4. The highest BCUT2D eigenvalue weighted by atomic mass is 35.5. The average Bonchev–Trinajstić information content (AvgIpc) is 2.48. The molecule has 0 unspecified atom stereocenters. The first-order valence-corrected chi connectivity index (χ1v) is 7.48. The quantitative estimate of drug-likeness (QED) is 0.775. The maximum atomic E-state index is 13.4. The Morgan fingerprint density at radius 3 is 2.71 bits per heavy atom. The van der Waals surface area contributed by atoms with Crippen LogP contribution in [0.1, 0.15) is 18.9 Å². The van der Waals surface area contributed by atoms with Crippen LogP contribution in [-0.4, -0.2) is 13.6 Å². The average molecular weight is 307 g/mol. The fraction of sp³-hybridized carbons (Fsp3) is 0.294. The lowest BCUT2D eigenvalue weighted by molar-refractivity contribution is 0.628. The van der Waals surface area contributed by atoms with Crippen LogP contribution in [0, 0.1) is 5.82 Å². The maximum Gasteiger partial charge on any atom is 0.125 e. The van der Waals surface area contributed by atoms with Crippen molar-refractivity contribution in [1.82, 2.24) is 5.32 Å². The standard InChI is InChI=1S/C17H20ClFN2/c1-3-9-20-12-13-7-8-14(18)10-17(13)21(2)16-6-4-5-15(19)11-16/h4-8,10-11,20H,3,9,12H2,1-2H3. The summed E-state index contributed by atoms with van der Waals surface area (Å²) in [5, 5.41) is 4.06. The molecule has 2 aromatic carbocycles. The second-order valence-electron chi connectivity index (χ2n) is 4.99. The van der Waals surface area contributed by atoms with Crippen molar-refractivity contribution in [2.24, 2.45) is 0 Å². The molecule has 0 bridgehead atoms. The highest BCUT2D eigenvalue weighted by molar-refractivity contribution is 6.30. The van der Waals surface area contributed by atoms with E-state index in [2.05, 4.69) is 12.2 Å². The molecular weight excluding hydrogens is 287 g/mol. The molecule has 0 aliphatic heterocycles. The van der Waals surface area contributed by atoms with Crippen LogP contribution in [-0.2, 0) is 6.54 Å². The van der Waals surface area contributed by atoms with E-state index in [1.165, 1.54) is 12.1 Å². The Labute approximate surface area is 130 Å². The highest BCUT2D eigenvalue weighted by Gasteiger charge is 2.10. The van der Waals surface area contributed by atoms with Crippen LogP contribution >= 0.6 is 11.6 Å². The van der Waals surface area contributed by atoms with Crippen LogP contribution in [0.3, 0.4) is 0 Å². The van der Waals surface area contributed by atoms with Crippen LogP contribution in [0.5, 0.6) is 0 Å². The summed E-state index contributed by atoms with van der Waals surface area (Å²) < 4.78 is 13.4. The van der Waals surface area contributed by atoms with E-state index in [9.17, 15) is 4.39 Å². The number of nitrogens with one attached hydrogen (secondary N) is 1. The van der Waals surface area contributed by atoms with Crippen LogP contribution in [0.4, 0.5) is 15.8 Å². The third-order valence-electron chi connectivity index (χ3n) is 3.35. The number of nitrogens with zero attached hydrogens (tertiary/aromatic N) is 1. The molecule has 0 heterocycles. The van der Waals surface area contributed by atoms with Gasteiger partial charge in [0, 0.05) is 30.0 Å². The van der Waals surface area contributed by atoms with Gasteiger partial charge < -0.3 is 10.2 Å². The van der Waals surface area contributed by atoms with Gasteiger partial charge in [-0.3, -0.25) is 0 Å². The smallest absolute Gasteiger partial charge is 0.125 e. The molecule has 112 valence electrons. The van der Waals surface area contributed by atoms with E-state index in [-0.39, 0.29) is 5.82 Å². The minimum absolute atomic E-state index is 0.243. The van der Waals surface area contributed by atoms with Crippen molar-refractivity contribution in [2.45, 2.75) is 19.9 Å². The predicted molar refractivity (Wildman–Crippen MR) is 87.9 cm³/mol. The molecule has 2 aromatic rings. The number of hydrogen-bond donors (Lipinski definition) is 1. The van der Waals surface area contributed by atoms with Crippen molar-refractivity contribution < 1.29 is 4.39 Å². The van der Waals surface area contributed by atoms with Crippen LogP contribution in [0.25, 0.3) is 0 Å². The van der Waals surface area contributed by atoms with E-state index in [1.807, 2.05) is 36.2 Å². The molecule has 0 radical (unpaired) electrons. The normalized spacial score (nSPS) is 10.7. The molecular formula is C17H20ClFN2. The summed E-state index contributed by atoms with van der Waals surface area (Å²) in [5.41, 5.74) is 2.92. The molecule has 0 saturated carbocycles. The van der Waals surface area contributed by atoms with E-state index in [4.69, 9.17) is 11.6 Å². The van der Waals surface area contributed by atoms with Crippen LogP contribution in [0.15, 0.2) is 42.5 Å². The molecule has 2 rings (SSSR count). The summed E-state index contributed by atoms with van der Waals surface area (Å²) in [6.45, 7) is 3.86. The van der Waals surface area contributed by atoms with Crippen molar-refractivity contribution in [3.8, 4) is 0 Å². The highest BCUT2D eigenvalue weighted by Crippen LogP contribution is 2.30. The predicted octanol–water partition coefficient (Wildman–Crippen LogP) is 4.75. The van der Waals surface area contributed by atoms with Crippen LogP contribution < -0.4 is 10.2 Å². The van der Waals surface area contributed by atoms with E-state index in [1.54, 1.807) is 6.07 Å². The number of benzene rings is 2. The Morgan fingerprint density at radius 1 is 1.19 bits per heavy atom. The van der Waals surface area contributed by atoms with E-state index < -0.39 is 0 Å². The molecule has 0 saturated heterocycles. The summed E-state index contributed by atoms with van der Waals surface area (Å²) in [4.78, 5) is 1.96. The monoisotopic (exact) mass is 306 g/mol. The molecule has 0 aromatic heterocycles. The number of halogens is 2. The molecule has 0 atom stereocenters. The topological polar surface area (TPSA) is 15.3 Å². The Bertz CT molecular complexity index is 601. The van der Waals surface area contributed by atoms with Crippen molar-refractivity contribution >= 4 is 23.0 Å². The summed E-state index contributed by atoms with van der Waals surface area (Å²) in [7, 11) is 1.92. The Hall–Kier alpha value is -1.58. The largest absolute Gasteiger partial charge is 0.344 e. The van der Waals surface area contributed by atoms with Gasteiger partial charge >= 0.3 is 0 Å². The van der Waals surface area contributed by atoms with Crippen molar-refractivity contribution in [3.63, 3.8) is 0 Å². The van der Waals surface area contributed by atoms with Gasteiger partial charge in [0.25, 0.3) is 0 Å². The van der Waals surface area contributed by atoms with Crippen molar-refractivity contribution in [3.05, 3.63) is 58.9 Å². The molecule has 0 spiro atoms. The molecule has 0 fully saturated rings. The van der Waals surface area contributed by atoms with Gasteiger partial charge in [0.05, 0.1) is 0 Å². The molecule has 0 aliphatic carbocycles. The molecule has 21 heavy (non-hydrogen) atoms. The van der Waals surface area contributed by atoms with E-state index in [0.29, 0.717) is 5.02 Å². The van der Waals surface area contributed by atoms with Gasteiger partial charge in [-0.15, -0.1) is 0 Å². The van der Waals surface area contributed by atoms with Gasteiger partial charge in [-0.25, -0.2) is 4.39 Å². The zero-order valence-corrected chi connectivity index (χ0v) is 13.1. The third kappa shape index (κ3) is 4.19. The first-order chi connectivity index (χ1) is 10.1. The van der Waals surface area contributed by atoms with Gasteiger partial charge in [0.15, 0.2) is 0 Å². The number of anilines is 2. The summed E-state index contributed by atoms with van der Waals surface area (Å²) in [6, 6.07) is 12.4.